The van der Waals surface area contributed by atoms with Gasteiger partial charge in [-0.3, -0.25) is 0 Å². The molecule has 2 aromatic rings. The molecule has 3 rings (SSSR count). The van der Waals surface area contributed by atoms with Crippen molar-refractivity contribution in [1.29, 1.82) is 0 Å². The zero-order chi connectivity index (χ0) is 24.0. The van der Waals surface area contributed by atoms with Crippen LogP contribution in [0.5, 0.6) is 0 Å². The average Bonchev–Trinajstić information content (AvgIpc) is 2.85. The van der Waals surface area contributed by atoms with E-state index in [0.717, 1.165) is 19.6 Å². The molecule has 5 heteroatoms. The van der Waals surface area contributed by atoms with Crippen molar-refractivity contribution in [1.82, 2.24) is 0 Å². The number of rotatable bonds is 6. The summed E-state index contributed by atoms with van der Waals surface area (Å²) in [4.78, 5) is 10.6. The number of carboxylic acids is 1. The van der Waals surface area contributed by atoms with E-state index in [-0.39, 0.29) is 42.1 Å². The van der Waals surface area contributed by atoms with Gasteiger partial charge in [-0.05, 0) is 54.9 Å². The second kappa shape index (κ2) is 24.5. The van der Waals surface area contributed by atoms with Crippen molar-refractivity contribution in [3.63, 3.8) is 0 Å². The highest BCUT2D eigenvalue weighted by Crippen LogP contribution is 2.19. The Bertz CT molecular complexity index is 759. The zero-order valence-corrected chi connectivity index (χ0v) is 22.1. The van der Waals surface area contributed by atoms with Crippen LogP contribution in [0, 0.1) is 0 Å². The average molecular weight is 542 g/mol. The predicted octanol–water partition coefficient (Wildman–Crippen LogP) is 6.13. The van der Waals surface area contributed by atoms with Crippen LogP contribution in [0.25, 0.3) is 0 Å². The highest BCUT2D eigenvalue weighted by Gasteiger charge is 2.22. The van der Waals surface area contributed by atoms with Gasteiger partial charge in [-0.15, -0.1) is 0 Å². The highest BCUT2D eigenvalue weighted by molar-refractivity contribution is 5.87. The summed E-state index contributed by atoms with van der Waals surface area (Å²) < 4.78 is 6.45. The van der Waals surface area contributed by atoms with E-state index in [9.17, 15) is 4.79 Å². The number of halogens is 1. The van der Waals surface area contributed by atoms with Crippen molar-refractivity contribution >= 4 is 5.97 Å². The van der Waals surface area contributed by atoms with Crippen molar-refractivity contribution in [2.24, 2.45) is 0 Å². The van der Waals surface area contributed by atoms with Gasteiger partial charge in [0, 0.05) is 0 Å². The molecule has 0 aliphatic carbocycles. The smallest absolute Gasteiger partial charge is 0.335 e. The number of ether oxygens (including phenoxy) is 1. The summed E-state index contributed by atoms with van der Waals surface area (Å²) in [6.07, 6.45) is 2.30. The Morgan fingerprint density at radius 1 is 0.811 bits per heavy atom. The quantitative estimate of drug-likeness (QED) is 0.447. The first kappa shape index (κ1) is 45.1. The maximum Gasteiger partial charge on any atom is 0.335 e. The van der Waals surface area contributed by atoms with Gasteiger partial charge in [0.1, 0.15) is 13.1 Å². The molecular weight excluding hydrogens is 482 g/mol. The largest absolute Gasteiger partial charge is 1.00 e. The predicted molar refractivity (Wildman–Crippen MR) is 161 cm³/mol. The van der Waals surface area contributed by atoms with Crippen LogP contribution >= 0.6 is 0 Å². The van der Waals surface area contributed by atoms with Crippen LogP contribution in [-0.2, 0) is 4.74 Å². The van der Waals surface area contributed by atoms with Gasteiger partial charge in [-0.1, -0.05) is 99.9 Å². The standard InChI is InChI=1S/C11H14O2.C10H14.C7H16NO.4CH4.ClH/c1-3-8(2)9-4-6-10(7-5-9)11(12)13;1-3-9(2)10-7-5-4-6-8-10;1-3-8(2)4-6-9-7-5-8;;;;;/h4-8H,3H2,1-2H3,(H,12,13);4-9H,3H2,1-2H3;3-7H2,1-2H3;4*1H4;1H/q;;+1;;;;;/p-1. The summed E-state index contributed by atoms with van der Waals surface area (Å²) in [6, 6.07) is 17.7. The minimum absolute atomic E-state index is 0. The van der Waals surface area contributed by atoms with Crippen molar-refractivity contribution in [2.45, 2.75) is 89.0 Å². The van der Waals surface area contributed by atoms with Gasteiger partial charge in [-0.25, -0.2) is 4.79 Å². The number of aromatic carboxylic acids is 1. The Balaban J connectivity index is -0.000000132. The Hall–Kier alpha value is -1.88. The van der Waals surface area contributed by atoms with E-state index in [0.29, 0.717) is 17.4 Å². The molecular formula is C32H60ClNO3. The number of quaternary nitrogens is 1. The third kappa shape index (κ3) is 17.3. The minimum atomic E-state index is -0.865. The third-order valence-electron chi connectivity index (χ3n) is 6.63. The number of carboxylic acid groups (broad SMARTS) is 1. The van der Waals surface area contributed by atoms with Crippen LogP contribution in [-0.4, -0.2) is 55.5 Å². The number of hydrogen-bond donors (Lipinski definition) is 1. The number of nitrogens with zero attached hydrogens (tertiary/aromatic N) is 1. The SMILES string of the molecule is C.C.C.C.CCC(C)c1ccc(C(=O)O)cc1.CCC(C)c1ccccc1.CC[N+]1(C)CCOCC1.[Cl-]. The lowest BCUT2D eigenvalue weighted by Gasteiger charge is -2.36. The van der Waals surface area contributed by atoms with Crippen molar-refractivity contribution in [3.05, 3.63) is 71.3 Å². The van der Waals surface area contributed by atoms with E-state index in [1.807, 2.05) is 12.1 Å². The van der Waals surface area contributed by atoms with E-state index >= 15 is 0 Å². The van der Waals surface area contributed by atoms with Gasteiger partial charge in [0.15, 0.2) is 0 Å². The molecule has 2 atom stereocenters. The molecule has 1 heterocycles. The molecule has 218 valence electrons. The van der Waals surface area contributed by atoms with Gasteiger partial charge >= 0.3 is 5.97 Å². The lowest BCUT2D eigenvalue weighted by Crippen LogP contribution is -3.00. The number of likely N-dealkylation sites (N-methyl/N-ethyl adjacent to an activating group) is 1. The van der Waals surface area contributed by atoms with E-state index < -0.39 is 5.97 Å². The fourth-order valence-electron chi connectivity index (χ4n) is 3.31. The summed E-state index contributed by atoms with van der Waals surface area (Å²) in [5.41, 5.74) is 3.00. The summed E-state index contributed by atoms with van der Waals surface area (Å²) >= 11 is 0. The van der Waals surface area contributed by atoms with Crippen LogP contribution in [0.2, 0.25) is 0 Å². The summed E-state index contributed by atoms with van der Waals surface area (Å²) in [5, 5.41) is 8.67. The molecule has 1 aliphatic heterocycles. The molecule has 0 spiro atoms. The molecule has 2 aromatic carbocycles. The second-order valence-electron chi connectivity index (χ2n) is 8.95. The van der Waals surface area contributed by atoms with Gasteiger partial charge in [0.05, 0.1) is 32.4 Å². The number of carbonyl (C=O) groups is 1. The Labute approximate surface area is 237 Å². The lowest BCUT2D eigenvalue weighted by molar-refractivity contribution is -0.915. The van der Waals surface area contributed by atoms with Crippen LogP contribution < -0.4 is 12.4 Å². The Morgan fingerprint density at radius 2 is 1.22 bits per heavy atom. The Kier molecular flexibility index (Phi) is 29.8. The molecule has 0 amide bonds. The summed E-state index contributed by atoms with van der Waals surface area (Å²) in [7, 11) is 2.29. The molecule has 1 aliphatic rings. The molecule has 1 saturated heterocycles. The van der Waals surface area contributed by atoms with Gasteiger partial charge in [0.25, 0.3) is 0 Å². The summed E-state index contributed by atoms with van der Waals surface area (Å²) in [6.45, 7) is 16.5. The van der Waals surface area contributed by atoms with E-state index in [1.54, 1.807) is 12.1 Å². The molecule has 4 nitrogen and oxygen atoms in total. The topological polar surface area (TPSA) is 46.5 Å². The van der Waals surface area contributed by atoms with Crippen LogP contribution in [0.4, 0.5) is 0 Å². The fraction of sp³-hybridized carbons (Fsp3) is 0.594. The first-order valence-corrected chi connectivity index (χ1v) is 12.1. The molecule has 1 fully saturated rings. The van der Waals surface area contributed by atoms with Gasteiger partial charge in [-0.2, -0.15) is 0 Å². The first-order valence-electron chi connectivity index (χ1n) is 12.1. The van der Waals surface area contributed by atoms with E-state index in [1.165, 1.54) is 41.7 Å². The Morgan fingerprint density at radius 3 is 1.54 bits per heavy atom. The lowest BCUT2D eigenvalue weighted by atomic mass is 9.98. The van der Waals surface area contributed by atoms with E-state index in [4.69, 9.17) is 9.84 Å². The molecule has 0 radical (unpaired) electrons. The fourth-order valence-corrected chi connectivity index (χ4v) is 3.31. The monoisotopic (exact) mass is 541 g/mol. The molecule has 0 aromatic heterocycles. The minimum Gasteiger partial charge on any atom is -1.00 e. The molecule has 37 heavy (non-hydrogen) atoms. The van der Waals surface area contributed by atoms with Crippen molar-refractivity contribution in [2.75, 3.05) is 39.9 Å². The number of benzene rings is 2. The van der Waals surface area contributed by atoms with Crippen LogP contribution in [0.15, 0.2) is 54.6 Å². The van der Waals surface area contributed by atoms with Crippen LogP contribution in [0.3, 0.4) is 0 Å². The second-order valence-corrected chi connectivity index (χ2v) is 8.95. The maximum atomic E-state index is 10.6. The van der Waals surface area contributed by atoms with Gasteiger partial charge in [0.2, 0.25) is 0 Å². The molecule has 2 unspecified atom stereocenters. The highest BCUT2D eigenvalue weighted by atomic mass is 35.5. The molecule has 0 bridgehead atoms. The maximum absolute atomic E-state index is 10.6. The van der Waals surface area contributed by atoms with Crippen LogP contribution in [0.1, 0.15) is 110 Å². The van der Waals surface area contributed by atoms with Crippen molar-refractivity contribution in [3.8, 4) is 0 Å². The zero-order valence-electron chi connectivity index (χ0n) is 21.4. The third-order valence-corrected chi connectivity index (χ3v) is 6.63. The van der Waals surface area contributed by atoms with E-state index in [2.05, 4.69) is 72.0 Å². The summed E-state index contributed by atoms with van der Waals surface area (Å²) in [5.74, 6) is 0.347. The first-order chi connectivity index (χ1) is 15.3. The normalized spacial score (nSPS) is 14.2. The van der Waals surface area contributed by atoms with Gasteiger partial charge < -0.3 is 26.7 Å². The molecule has 1 N–H and O–H groups in total. The number of morpholine rings is 1. The number of hydrogen-bond acceptors (Lipinski definition) is 2. The van der Waals surface area contributed by atoms with Crippen molar-refractivity contribution < 1.29 is 31.5 Å². The molecule has 0 saturated carbocycles.